The highest BCUT2D eigenvalue weighted by molar-refractivity contribution is 7.98. The first kappa shape index (κ1) is 25.9. The number of nitriles is 1. The number of hydrogen-bond donors (Lipinski definition) is 0. The van der Waals surface area contributed by atoms with E-state index in [9.17, 15) is 18.4 Å². The van der Waals surface area contributed by atoms with Gasteiger partial charge in [0.2, 0.25) is 0 Å². The van der Waals surface area contributed by atoms with Crippen LogP contribution in [0.5, 0.6) is 5.75 Å². The van der Waals surface area contributed by atoms with Gasteiger partial charge in [0.25, 0.3) is 0 Å². The number of rotatable bonds is 8. The second-order valence-electron chi connectivity index (χ2n) is 8.24. The van der Waals surface area contributed by atoms with Crippen molar-refractivity contribution < 1.29 is 17.9 Å². The van der Waals surface area contributed by atoms with Gasteiger partial charge in [-0.2, -0.15) is 18.4 Å². The maximum absolute atomic E-state index is 13.9. The van der Waals surface area contributed by atoms with Crippen molar-refractivity contribution in [1.29, 1.82) is 5.26 Å². The molecule has 0 unspecified atom stereocenters. The van der Waals surface area contributed by atoms with Crippen molar-refractivity contribution in [3.05, 3.63) is 75.8 Å². The number of aryl methyl sites for hydroxylation is 1. The normalized spacial score (nSPS) is 11.5. The molecule has 0 atom stereocenters. The van der Waals surface area contributed by atoms with Crippen LogP contribution in [-0.4, -0.2) is 11.6 Å². The molecule has 1 heterocycles. The summed E-state index contributed by atoms with van der Waals surface area (Å²) in [6.45, 7) is 6.62. The predicted molar refractivity (Wildman–Crippen MR) is 130 cm³/mol. The van der Waals surface area contributed by atoms with Crippen molar-refractivity contribution in [1.82, 2.24) is 4.98 Å². The molecule has 0 aliphatic carbocycles. The largest absolute Gasteiger partial charge is 0.493 e. The Balaban J connectivity index is 1.99. The van der Waals surface area contributed by atoms with Gasteiger partial charge in [-0.05, 0) is 60.7 Å². The summed E-state index contributed by atoms with van der Waals surface area (Å²) in [4.78, 5) is 4.45. The predicted octanol–water partition coefficient (Wildman–Crippen LogP) is 8.32. The van der Waals surface area contributed by atoms with Crippen LogP contribution in [0.1, 0.15) is 42.5 Å². The van der Waals surface area contributed by atoms with Gasteiger partial charge in [0.05, 0.1) is 23.4 Å². The lowest BCUT2D eigenvalue weighted by molar-refractivity contribution is -0.138. The molecule has 0 saturated heterocycles. The van der Waals surface area contributed by atoms with Gasteiger partial charge in [-0.15, -0.1) is 11.8 Å². The molecule has 0 spiro atoms. The van der Waals surface area contributed by atoms with Gasteiger partial charge in [-0.3, -0.25) is 0 Å². The van der Waals surface area contributed by atoms with E-state index in [0.29, 0.717) is 28.9 Å². The lowest BCUT2D eigenvalue weighted by atomic mass is 10.0. The molecule has 0 aliphatic rings. The van der Waals surface area contributed by atoms with Gasteiger partial charge in [0, 0.05) is 16.3 Å². The fraction of sp³-hybridized carbons (Fsp3) is 0.308. The molecule has 0 saturated carbocycles. The number of thioether (sulfide) groups is 1. The summed E-state index contributed by atoms with van der Waals surface area (Å²) in [5, 5.41) is 10.1. The minimum atomic E-state index is -4.70. The lowest BCUT2D eigenvalue weighted by Gasteiger charge is -2.16. The third-order valence-corrected chi connectivity index (χ3v) is 6.54. The molecular weight excluding hydrogens is 481 g/mol. The fourth-order valence-corrected chi connectivity index (χ4v) is 4.53. The maximum Gasteiger partial charge on any atom is 0.417 e. The molecular formula is C26H24ClF3N2OS. The van der Waals surface area contributed by atoms with Gasteiger partial charge in [-0.1, -0.05) is 43.6 Å². The standard InChI is InChI=1S/C26H24ClF3N2OS/c1-16(2)10-11-33-24-9-8-18(12-17(24)3)23-13-21(26(28,29)30)20(14-31)25(32-23)34-15-19-6-4-5-7-22(19)27/h4-9,12-13,16H,10-11,15H2,1-3H3. The van der Waals surface area contributed by atoms with E-state index in [1.54, 1.807) is 48.5 Å². The second-order valence-corrected chi connectivity index (χ2v) is 9.61. The number of alkyl halides is 3. The highest BCUT2D eigenvalue weighted by Gasteiger charge is 2.36. The molecule has 0 bridgehead atoms. The lowest BCUT2D eigenvalue weighted by Crippen LogP contribution is -2.10. The fourth-order valence-electron chi connectivity index (χ4n) is 3.24. The summed E-state index contributed by atoms with van der Waals surface area (Å²) in [6.07, 6.45) is -3.79. The zero-order chi connectivity index (χ0) is 24.9. The number of halogens is 4. The molecule has 3 aromatic rings. The third kappa shape index (κ3) is 6.46. The van der Waals surface area contributed by atoms with Gasteiger partial charge in [0.15, 0.2) is 0 Å². The van der Waals surface area contributed by atoms with Crippen molar-refractivity contribution in [2.24, 2.45) is 5.92 Å². The number of ether oxygens (including phenoxy) is 1. The average Bonchev–Trinajstić information content (AvgIpc) is 2.78. The molecule has 8 heteroatoms. The molecule has 0 aliphatic heterocycles. The Labute approximate surface area is 206 Å². The molecule has 0 fully saturated rings. The smallest absolute Gasteiger partial charge is 0.417 e. The summed E-state index contributed by atoms with van der Waals surface area (Å²) >= 11 is 7.25. The molecule has 3 rings (SSSR count). The van der Waals surface area contributed by atoms with E-state index in [-0.39, 0.29) is 16.5 Å². The number of hydrogen-bond acceptors (Lipinski definition) is 4. The second kappa shape index (κ2) is 11.2. The molecule has 3 nitrogen and oxygen atoms in total. The van der Waals surface area contributed by atoms with E-state index in [1.165, 1.54) is 0 Å². The van der Waals surface area contributed by atoms with Crippen LogP contribution in [0.4, 0.5) is 13.2 Å². The minimum absolute atomic E-state index is 0.0159. The van der Waals surface area contributed by atoms with Gasteiger partial charge in [-0.25, -0.2) is 4.98 Å². The van der Waals surface area contributed by atoms with Crippen LogP contribution >= 0.6 is 23.4 Å². The van der Waals surface area contributed by atoms with Crippen LogP contribution in [0.25, 0.3) is 11.3 Å². The van der Waals surface area contributed by atoms with Crippen LogP contribution in [-0.2, 0) is 11.9 Å². The minimum Gasteiger partial charge on any atom is -0.493 e. The Kier molecular flexibility index (Phi) is 8.51. The number of aromatic nitrogens is 1. The maximum atomic E-state index is 13.9. The van der Waals surface area contributed by atoms with E-state index in [0.717, 1.165) is 35.4 Å². The molecule has 178 valence electrons. The van der Waals surface area contributed by atoms with E-state index in [4.69, 9.17) is 16.3 Å². The summed E-state index contributed by atoms with van der Waals surface area (Å²) in [6, 6.07) is 14.9. The first-order valence-electron chi connectivity index (χ1n) is 10.7. The Hall–Kier alpha value is -2.69. The highest BCUT2D eigenvalue weighted by Crippen LogP contribution is 2.39. The zero-order valence-corrected chi connectivity index (χ0v) is 20.6. The Morgan fingerprint density at radius 3 is 2.50 bits per heavy atom. The SMILES string of the molecule is Cc1cc(-c2cc(C(F)(F)F)c(C#N)c(SCc3ccccc3Cl)n2)ccc1OCCC(C)C. The van der Waals surface area contributed by atoms with Crippen LogP contribution in [0, 0.1) is 24.2 Å². The van der Waals surface area contributed by atoms with Gasteiger partial charge < -0.3 is 4.74 Å². The quantitative estimate of drug-likeness (QED) is 0.289. The summed E-state index contributed by atoms with van der Waals surface area (Å²) < 4.78 is 47.4. The molecule has 34 heavy (non-hydrogen) atoms. The van der Waals surface area contributed by atoms with Crippen molar-refractivity contribution in [3.63, 3.8) is 0 Å². The Morgan fingerprint density at radius 1 is 1.15 bits per heavy atom. The van der Waals surface area contributed by atoms with Crippen molar-refractivity contribution in [2.45, 2.75) is 44.1 Å². The summed E-state index contributed by atoms with van der Waals surface area (Å²) in [7, 11) is 0. The zero-order valence-electron chi connectivity index (χ0n) is 19.0. The van der Waals surface area contributed by atoms with E-state index >= 15 is 0 Å². The van der Waals surface area contributed by atoms with E-state index < -0.39 is 17.3 Å². The number of pyridine rings is 1. The van der Waals surface area contributed by atoms with Crippen LogP contribution in [0.3, 0.4) is 0 Å². The van der Waals surface area contributed by atoms with Crippen molar-refractivity contribution in [2.75, 3.05) is 6.61 Å². The molecule has 2 aromatic carbocycles. The Morgan fingerprint density at radius 2 is 1.88 bits per heavy atom. The van der Waals surface area contributed by atoms with E-state index in [2.05, 4.69) is 18.8 Å². The Bertz CT molecular complexity index is 1210. The monoisotopic (exact) mass is 504 g/mol. The van der Waals surface area contributed by atoms with Crippen molar-refractivity contribution >= 4 is 23.4 Å². The molecule has 0 radical (unpaired) electrons. The third-order valence-electron chi connectivity index (χ3n) is 5.15. The molecule has 1 aromatic heterocycles. The number of nitrogens with zero attached hydrogens (tertiary/aromatic N) is 2. The topological polar surface area (TPSA) is 45.9 Å². The van der Waals surface area contributed by atoms with Crippen LogP contribution in [0.15, 0.2) is 53.6 Å². The molecule has 0 amide bonds. The van der Waals surface area contributed by atoms with E-state index in [1.807, 2.05) is 6.92 Å². The summed E-state index contributed by atoms with van der Waals surface area (Å²) in [5.41, 5.74) is 0.715. The van der Waals surface area contributed by atoms with Gasteiger partial charge in [0.1, 0.15) is 16.8 Å². The van der Waals surface area contributed by atoms with Crippen LogP contribution in [0.2, 0.25) is 5.02 Å². The average molecular weight is 505 g/mol. The first-order valence-corrected chi connectivity index (χ1v) is 12.1. The summed E-state index contributed by atoms with van der Waals surface area (Å²) in [5.74, 6) is 1.47. The van der Waals surface area contributed by atoms with Gasteiger partial charge >= 0.3 is 6.18 Å². The first-order chi connectivity index (χ1) is 16.1. The van der Waals surface area contributed by atoms with Crippen molar-refractivity contribution in [3.8, 4) is 23.1 Å². The number of benzene rings is 2. The highest BCUT2D eigenvalue weighted by atomic mass is 35.5. The molecule has 0 N–H and O–H groups in total. The van der Waals surface area contributed by atoms with Crippen LogP contribution < -0.4 is 4.74 Å².